The van der Waals surface area contributed by atoms with Crippen molar-refractivity contribution in [2.75, 3.05) is 13.2 Å². The van der Waals surface area contributed by atoms with Crippen molar-refractivity contribution in [1.29, 1.82) is 0 Å². The summed E-state index contributed by atoms with van der Waals surface area (Å²) in [5, 5.41) is 3.81. The molecule has 0 spiro atoms. The highest BCUT2D eigenvalue weighted by atomic mass is 16.6. The summed E-state index contributed by atoms with van der Waals surface area (Å²) in [4.78, 5) is 14.8. The van der Waals surface area contributed by atoms with Crippen molar-refractivity contribution < 1.29 is 19.0 Å². The molecule has 1 fully saturated rings. The van der Waals surface area contributed by atoms with Crippen molar-refractivity contribution in [2.24, 2.45) is 5.11 Å². The average molecular weight is 444 g/mol. The highest BCUT2D eigenvalue weighted by Crippen LogP contribution is 2.42. The van der Waals surface area contributed by atoms with Crippen LogP contribution in [0.3, 0.4) is 0 Å². The van der Waals surface area contributed by atoms with Crippen LogP contribution in [0, 0.1) is 0 Å². The van der Waals surface area contributed by atoms with Crippen LogP contribution in [0.1, 0.15) is 23.6 Å². The normalized spacial score (nSPS) is 20.5. The first-order valence-corrected chi connectivity index (χ1v) is 10.8. The molecule has 4 rings (SSSR count). The van der Waals surface area contributed by atoms with Crippen LogP contribution in [0.15, 0.2) is 96.1 Å². The maximum atomic E-state index is 11.9. The second kappa shape index (κ2) is 10.3. The summed E-state index contributed by atoms with van der Waals surface area (Å²) < 4.78 is 18.3. The van der Waals surface area contributed by atoms with E-state index in [0.29, 0.717) is 0 Å². The van der Waals surface area contributed by atoms with Gasteiger partial charge < -0.3 is 14.2 Å². The highest BCUT2D eigenvalue weighted by molar-refractivity contribution is 5.66. The zero-order valence-corrected chi connectivity index (χ0v) is 18.3. The van der Waals surface area contributed by atoms with E-state index in [-0.39, 0.29) is 13.2 Å². The van der Waals surface area contributed by atoms with E-state index in [4.69, 9.17) is 19.7 Å². The Morgan fingerprint density at radius 3 is 1.82 bits per heavy atom. The van der Waals surface area contributed by atoms with Gasteiger partial charge in [-0.3, -0.25) is 4.79 Å². The zero-order valence-electron chi connectivity index (χ0n) is 18.3. The summed E-state index contributed by atoms with van der Waals surface area (Å²) >= 11 is 0. The Labute approximate surface area is 192 Å². The third-order valence-electron chi connectivity index (χ3n) is 5.69. The molecule has 0 aromatic heterocycles. The summed E-state index contributed by atoms with van der Waals surface area (Å²) in [7, 11) is 0. The Morgan fingerprint density at radius 2 is 1.39 bits per heavy atom. The van der Waals surface area contributed by atoms with Crippen molar-refractivity contribution in [2.45, 2.75) is 30.8 Å². The number of nitrogens with zero attached hydrogens (tertiary/aromatic N) is 3. The monoisotopic (exact) mass is 443 g/mol. The number of esters is 1. The van der Waals surface area contributed by atoms with Gasteiger partial charge in [-0.15, -0.1) is 0 Å². The van der Waals surface area contributed by atoms with Crippen molar-refractivity contribution >= 4 is 5.97 Å². The van der Waals surface area contributed by atoms with E-state index in [0.717, 1.165) is 16.7 Å². The summed E-state index contributed by atoms with van der Waals surface area (Å²) in [6.45, 7) is 1.67. The van der Waals surface area contributed by atoms with Crippen LogP contribution in [0.4, 0.5) is 0 Å². The van der Waals surface area contributed by atoms with Crippen LogP contribution in [0.2, 0.25) is 0 Å². The van der Waals surface area contributed by atoms with Gasteiger partial charge >= 0.3 is 5.97 Å². The topological polar surface area (TPSA) is 93.5 Å². The molecule has 3 aromatic rings. The van der Waals surface area contributed by atoms with Gasteiger partial charge in [-0.1, -0.05) is 96.1 Å². The predicted molar refractivity (Wildman–Crippen MR) is 123 cm³/mol. The Hall–Kier alpha value is -3.64. The van der Waals surface area contributed by atoms with Crippen molar-refractivity contribution in [3.05, 3.63) is 118 Å². The number of carbonyl (C=O) groups excluding carboxylic acids is 1. The summed E-state index contributed by atoms with van der Waals surface area (Å²) in [5.41, 5.74) is 10.8. The first kappa shape index (κ1) is 22.6. The number of ether oxygens (including phenoxy) is 3. The Balaban J connectivity index is 1.89. The lowest BCUT2D eigenvalue weighted by Crippen LogP contribution is -2.53. The number of hydrogen-bond acceptors (Lipinski definition) is 5. The molecule has 0 bridgehead atoms. The highest BCUT2D eigenvalue weighted by Gasteiger charge is 2.45. The average Bonchev–Trinajstić information content (AvgIpc) is 2.86. The largest absolute Gasteiger partial charge is 0.459 e. The predicted octanol–water partition coefficient (Wildman–Crippen LogP) is 5.00. The lowest BCUT2D eigenvalue weighted by Gasteiger charge is -2.43. The van der Waals surface area contributed by atoms with Crippen LogP contribution < -0.4 is 0 Å². The lowest BCUT2D eigenvalue weighted by molar-refractivity contribution is -0.189. The first-order valence-electron chi connectivity index (χ1n) is 10.8. The molecular formula is C26H25N3O4. The number of hydrogen-bond donors (Lipinski definition) is 0. The third-order valence-corrected chi connectivity index (χ3v) is 5.69. The maximum Gasteiger partial charge on any atom is 0.303 e. The maximum absolute atomic E-state index is 11.9. The second-order valence-corrected chi connectivity index (χ2v) is 7.82. The summed E-state index contributed by atoms with van der Waals surface area (Å²) in [5.74, 6) is -0.474. The van der Waals surface area contributed by atoms with Gasteiger partial charge in [0.25, 0.3) is 0 Å². The molecular weight excluding hydrogens is 418 g/mol. The van der Waals surface area contributed by atoms with E-state index in [1.54, 1.807) is 0 Å². The molecule has 0 saturated carbocycles. The molecule has 3 aromatic carbocycles. The number of rotatable bonds is 7. The molecule has 7 nitrogen and oxygen atoms in total. The smallest absolute Gasteiger partial charge is 0.303 e. The molecule has 7 heteroatoms. The Bertz CT molecular complexity index is 1010. The van der Waals surface area contributed by atoms with Gasteiger partial charge in [0.15, 0.2) is 0 Å². The van der Waals surface area contributed by atoms with Gasteiger partial charge in [0, 0.05) is 11.8 Å². The fourth-order valence-electron chi connectivity index (χ4n) is 4.30. The fourth-order valence-corrected chi connectivity index (χ4v) is 4.30. The van der Waals surface area contributed by atoms with Crippen molar-refractivity contribution in [3.63, 3.8) is 0 Å². The van der Waals surface area contributed by atoms with Gasteiger partial charge in [-0.2, -0.15) is 0 Å². The molecule has 1 saturated heterocycles. The summed E-state index contributed by atoms with van der Waals surface area (Å²) in [6.07, 6.45) is -1.47. The van der Waals surface area contributed by atoms with Gasteiger partial charge in [0.2, 0.25) is 0 Å². The Morgan fingerprint density at radius 1 is 0.909 bits per heavy atom. The molecule has 0 N–H and O–H groups in total. The van der Waals surface area contributed by atoms with Crippen LogP contribution in [-0.4, -0.2) is 37.4 Å². The minimum absolute atomic E-state index is 0.150. The number of benzene rings is 3. The molecule has 33 heavy (non-hydrogen) atoms. The Kier molecular flexibility index (Phi) is 7.05. The van der Waals surface area contributed by atoms with Crippen molar-refractivity contribution in [3.8, 4) is 0 Å². The van der Waals surface area contributed by atoms with Gasteiger partial charge in [0.1, 0.15) is 23.9 Å². The minimum Gasteiger partial charge on any atom is -0.459 e. The molecule has 3 atom stereocenters. The fraction of sp³-hybridized carbons (Fsp3) is 0.269. The zero-order chi connectivity index (χ0) is 23.1. The van der Waals surface area contributed by atoms with Gasteiger partial charge in [-0.05, 0) is 22.2 Å². The SMILES string of the molecule is CC(=O)O[C@@H]1C(N=[N+]=[N-])COC[C@@H]1OC(c1ccccc1)(c1ccccc1)c1ccccc1. The van der Waals surface area contributed by atoms with Crippen LogP contribution >= 0.6 is 0 Å². The molecule has 1 aliphatic rings. The van der Waals surface area contributed by atoms with Gasteiger partial charge in [-0.25, -0.2) is 0 Å². The third kappa shape index (κ3) is 4.76. The molecule has 0 radical (unpaired) electrons. The van der Waals surface area contributed by atoms with E-state index in [9.17, 15) is 4.79 Å². The van der Waals surface area contributed by atoms with Crippen LogP contribution in [0.5, 0.6) is 0 Å². The quantitative estimate of drug-likeness (QED) is 0.169. The molecule has 1 unspecified atom stereocenters. The molecule has 1 aliphatic heterocycles. The van der Waals surface area contributed by atoms with E-state index in [1.807, 2.05) is 91.0 Å². The number of azide groups is 1. The molecule has 168 valence electrons. The lowest BCUT2D eigenvalue weighted by atomic mass is 9.79. The number of carbonyl (C=O) groups is 1. The molecule has 1 heterocycles. The van der Waals surface area contributed by atoms with E-state index >= 15 is 0 Å². The van der Waals surface area contributed by atoms with Crippen LogP contribution in [0.25, 0.3) is 10.4 Å². The summed E-state index contributed by atoms with van der Waals surface area (Å²) in [6, 6.07) is 29.0. The molecule has 0 aliphatic carbocycles. The van der Waals surface area contributed by atoms with Gasteiger partial charge in [0.05, 0.1) is 13.2 Å². The standard InChI is InChI=1S/C26H25N3O4/c1-19(30)32-25-23(28-29-27)17-31-18-24(25)33-26(20-11-5-2-6-12-20,21-13-7-3-8-14-21)22-15-9-4-10-16-22/h2-16,23-25H,17-18H2,1H3/t23?,24-,25+/m0/s1. The van der Waals surface area contributed by atoms with Crippen LogP contribution in [-0.2, 0) is 24.6 Å². The first-order chi connectivity index (χ1) is 16.1. The van der Waals surface area contributed by atoms with Crippen molar-refractivity contribution in [1.82, 2.24) is 0 Å². The van der Waals surface area contributed by atoms with E-state index < -0.39 is 29.8 Å². The molecule has 0 amide bonds. The van der Waals surface area contributed by atoms with E-state index in [2.05, 4.69) is 10.0 Å². The van der Waals surface area contributed by atoms with E-state index in [1.165, 1.54) is 6.92 Å². The minimum atomic E-state index is -1.02. The second-order valence-electron chi connectivity index (χ2n) is 7.82.